The molecule has 0 bridgehead atoms. The van der Waals surface area contributed by atoms with Crippen molar-refractivity contribution in [2.45, 2.75) is 64.2 Å². The molecule has 4 atom stereocenters. The minimum atomic E-state index is -0.895. The van der Waals surface area contributed by atoms with Crippen LogP contribution in [0.2, 0.25) is 5.02 Å². The summed E-state index contributed by atoms with van der Waals surface area (Å²) in [5.41, 5.74) is 0.723. The van der Waals surface area contributed by atoms with E-state index < -0.39 is 17.5 Å². The van der Waals surface area contributed by atoms with Crippen molar-refractivity contribution >= 4 is 22.4 Å². The minimum Gasteiger partial charge on any atom is -0.207 e. The Labute approximate surface area is 164 Å². The Morgan fingerprint density at radius 2 is 1.70 bits per heavy atom. The number of fused-ring (bicyclic) bond motifs is 2. The smallest absolute Gasteiger partial charge is 0.152 e. The fourth-order valence-electron chi connectivity index (χ4n) is 5.64. The van der Waals surface area contributed by atoms with Gasteiger partial charge in [0.15, 0.2) is 5.82 Å². The number of rotatable bonds is 3. The van der Waals surface area contributed by atoms with Crippen LogP contribution >= 0.6 is 11.6 Å². The second-order valence-corrected chi connectivity index (χ2v) is 8.96. The molecule has 2 aromatic carbocycles. The normalized spacial score (nSPS) is 28.3. The molecule has 0 amide bonds. The lowest BCUT2D eigenvalue weighted by molar-refractivity contribution is 0.114. The zero-order valence-electron chi connectivity index (χ0n) is 15.7. The van der Waals surface area contributed by atoms with Gasteiger partial charge in [0.05, 0.1) is 10.4 Å². The molecule has 0 radical (unpaired) electrons. The highest BCUT2D eigenvalue weighted by Gasteiger charge is 2.36. The molecule has 146 valence electrons. The van der Waals surface area contributed by atoms with E-state index in [0.717, 1.165) is 36.7 Å². The quantitative estimate of drug-likeness (QED) is 0.494. The maximum atomic E-state index is 14.8. The molecular weight excluding hydrogens is 369 g/mol. The van der Waals surface area contributed by atoms with Crippen molar-refractivity contribution in [1.29, 1.82) is 0 Å². The minimum absolute atomic E-state index is 0.0103. The van der Waals surface area contributed by atoms with Crippen LogP contribution in [0.25, 0.3) is 10.8 Å². The molecule has 4 heteroatoms. The van der Waals surface area contributed by atoms with Crippen LogP contribution in [0.15, 0.2) is 18.2 Å². The van der Waals surface area contributed by atoms with E-state index in [1.165, 1.54) is 38.2 Å². The van der Waals surface area contributed by atoms with Crippen LogP contribution in [-0.2, 0) is 0 Å². The van der Waals surface area contributed by atoms with E-state index in [1.807, 2.05) is 0 Å². The standard InChI is InChI=1S/C23H26ClF3/c1-2-3-13-4-5-15-9-16(7-6-14(15)8-13)19-11-17-10-18(25)12-20(26)21(17)23(27)22(19)24/h10-16H,2-9H2,1H3/t13-,14?,15-,16?/m1/s1. The van der Waals surface area contributed by atoms with Gasteiger partial charge in [0.25, 0.3) is 0 Å². The Kier molecular flexibility index (Phi) is 5.42. The summed E-state index contributed by atoms with van der Waals surface area (Å²) in [6, 6.07) is 3.62. The van der Waals surface area contributed by atoms with Crippen LogP contribution in [-0.4, -0.2) is 0 Å². The third-order valence-electron chi connectivity index (χ3n) is 6.92. The van der Waals surface area contributed by atoms with Crippen molar-refractivity contribution in [3.63, 3.8) is 0 Å². The third kappa shape index (κ3) is 3.60. The molecule has 27 heavy (non-hydrogen) atoms. The first kappa shape index (κ1) is 19.1. The number of hydrogen-bond donors (Lipinski definition) is 0. The average molecular weight is 395 g/mol. The number of hydrogen-bond acceptors (Lipinski definition) is 0. The van der Waals surface area contributed by atoms with E-state index in [9.17, 15) is 13.2 Å². The molecule has 2 aromatic rings. The topological polar surface area (TPSA) is 0 Å². The van der Waals surface area contributed by atoms with Gasteiger partial charge in [0, 0.05) is 6.07 Å². The molecule has 0 aromatic heterocycles. The highest BCUT2D eigenvalue weighted by atomic mass is 35.5. The summed E-state index contributed by atoms with van der Waals surface area (Å²) in [4.78, 5) is 0. The second-order valence-electron chi connectivity index (χ2n) is 8.58. The maximum absolute atomic E-state index is 14.8. The Bertz CT molecular complexity index is 847. The predicted octanol–water partition coefficient (Wildman–Crippen LogP) is 8.01. The summed E-state index contributed by atoms with van der Waals surface area (Å²) in [7, 11) is 0. The van der Waals surface area contributed by atoms with Crippen molar-refractivity contribution in [2.24, 2.45) is 17.8 Å². The van der Waals surface area contributed by atoms with Crippen LogP contribution < -0.4 is 0 Å². The van der Waals surface area contributed by atoms with Crippen LogP contribution in [0.5, 0.6) is 0 Å². The van der Waals surface area contributed by atoms with Crippen molar-refractivity contribution in [2.75, 3.05) is 0 Å². The summed E-state index contributed by atoms with van der Waals surface area (Å²) < 4.78 is 42.5. The van der Waals surface area contributed by atoms with Gasteiger partial charge < -0.3 is 0 Å². The van der Waals surface area contributed by atoms with E-state index in [2.05, 4.69) is 6.92 Å². The molecule has 0 nitrogen and oxygen atoms in total. The molecule has 2 saturated carbocycles. The van der Waals surface area contributed by atoms with Crippen LogP contribution in [0.4, 0.5) is 13.2 Å². The van der Waals surface area contributed by atoms with E-state index >= 15 is 0 Å². The molecule has 0 N–H and O–H groups in total. The van der Waals surface area contributed by atoms with E-state index in [-0.39, 0.29) is 21.7 Å². The lowest BCUT2D eigenvalue weighted by Crippen LogP contribution is -2.30. The molecule has 2 unspecified atom stereocenters. The van der Waals surface area contributed by atoms with Gasteiger partial charge in [-0.05, 0) is 78.9 Å². The van der Waals surface area contributed by atoms with Gasteiger partial charge >= 0.3 is 0 Å². The van der Waals surface area contributed by atoms with Gasteiger partial charge in [0.1, 0.15) is 11.6 Å². The van der Waals surface area contributed by atoms with Gasteiger partial charge in [-0.15, -0.1) is 0 Å². The summed E-state index contributed by atoms with van der Waals surface area (Å²) >= 11 is 6.32. The Hall–Kier alpha value is -1.22. The fraction of sp³-hybridized carbons (Fsp3) is 0.565. The molecule has 0 heterocycles. The van der Waals surface area contributed by atoms with Crippen LogP contribution in [0.1, 0.15) is 69.8 Å². The second kappa shape index (κ2) is 7.66. The van der Waals surface area contributed by atoms with Crippen molar-refractivity contribution in [3.8, 4) is 0 Å². The van der Waals surface area contributed by atoms with Crippen LogP contribution in [0, 0.1) is 35.2 Å². The molecule has 0 spiro atoms. The molecular formula is C23H26ClF3. The van der Waals surface area contributed by atoms with E-state index in [0.29, 0.717) is 12.0 Å². The van der Waals surface area contributed by atoms with Gasteiger partial charge in [-0.25, -0.2) is 13.2 Å². The SMILES string of the molecule is CCC[C@@H]1CC[C@@H]2CC(c3cc4cc(F)cc(F)c4c(F)c3Cl)CCC2C1. The Balaban J connectivity index is 1.61. The Morgan fingerprint density at radius 3 is 2.48 bits per heavy atom. The number of benzene rings is 2. The van der Waals surface area contributed by atoms with E-state index in [1.54, 1.807) is 6.07 Å². The lowest BCUT2D eigenvalue weighted by Gasteiger charge is -2.42. The average Bonchev–Trinajstić information content (AvgIpc) is 2.64. The molecule has 4 rings (SSSR count). The molecule has 2 aliphatic carbocycles. The van der Waals surface area contributed by atoms with Gasteiger partial charge in [-0.2, -0.15) is 0 Å². The highest BCUT2D eigenvalue weighted by Crippen LogP contribution is 2.50. The van der Waals surface area contributed by atoms with Crippen molar-refractivity contribution in [3.05, 3.63) is 46.2 Å². The largest absolute Gasteiger partial charge is 0.207 e. The highest BCUT2D eigenvalue weighted by molar-refractivity contribution is 6.32. The summed E-state index contributed by atoms with van der Waals surface area (Å²) in [6.07, 6.45) is 9.55. The molecule has 2 aliphatic rings. The molecule has 0 aliphatic heterocycles. The summed E-state index contributed by atoms with van der Waals surface area (Å²) in [5.74, 6) is 0.128. The summed E-state index contributed by atoms with van der Waals surface area (Å²) in [6.45, 7) is 2.25. The lowest BCUT2D eigenvalue weighted by atomic mass is 9.63. The monoisotopic (exact) mass is 394 g/mol. The number of halogens is 4. The first-order chi connectivity index (χ1) is 13.0. The summed E-state index contributed by atoms with van der Waals surface area (Å²) in [5, 5.41) is 0.0632. The predicted molar refractivity (Wildman–Crippen MR) is 105 cm³/mol. The van der Waals surface area contributed by atoms with Gasteiger partial charge in [-0.3, -0.25) is 0 Å². The third-order valence-corrected chi connectivity index (χ3v) is 7.30. The molecule has 2 fully saturated rings. The fourth-order valence-corrected chi connectivity index (χ4v) is 5.95. The zero-order chi connectivity index (χ0) is 19.1. The zero-order valence-corrected chi connectivity index (χ0v) is 16.5. The Morgan fingerprint density at radius 1 is 0.963 bits per heavy atom. The van der Waals surface area contributed by atoms with Crippen molar-refractivity contribution in [1.82, 2.24) is 0 Å². The van der Waals surface area contributed by atoms with Crippen molar-refractivity contribution < 1.29 is 13.2 Å². The van der Waals surface area contributed by atoms with Gasteiger partial charge in [0.2, 0.25) is 0 Å². The van der Waals surface area contributed by atoms with Gasteiger partial charge in [-0.1, -0.05) is 37.8 Å². The first-order valence-electron chi connectivity index (χ1n) is 10.2. The van der Waals surface area contributed by atoms with E-state index in [4.69, 9.17) is 11.6 Å². The molecule has 0 saturated heterocycles. The first-order valence-corrected chi connectivity index (χ1v) is 10.6. The maximum Gasteiger partial charge on any atom is 0.152 e. The van der Waals surface area contributed by atoms with Crippen LogP contribution in [0.3, 0.4) is 0 Å².